The van der Waals surface area contributed by atoms with Crippen molar-refractivity contribution in [1.29, 1.82) is 0 Å². The first-order chi connectivity index (χ1) is 6.83. The van der Waals surface area contributed by atoms with Crippen molar-refractivity contribution in [2.75, 3.05) is 6.54 Å². The second-order valence-corrected chi connectivity index (χ2v) is 4.16. The highest BCUT2D eigenvalue weighted by molar-refractivity contribution is 7.13. The summed E-state index contributed by atoms with van der Waals surface area (Å²) in [4.78, 5) is 1.22. The van der Waals surface area contributed by atoms with Crippen LogP contribution in [0.25, 0.3) is 10.6 Å². The van der Waals surface area contributed by atoms with Crippen LogP contribution in [0.15, 0.2) is 28.2 Å². The van der Waals surface area contributed by atoms with E-state index in [1.165, 1.54) is 16.0 Å². The van der Waals surface area contributed by atoms with Gasteiger partial charge in [-0.2, -0.15) is 0 Å². The van der Waals surface area contributed by atoms with Crippen molar-refractivity contribution in [3.8, 4) is 10.6 Å². The van der Waals surface area contributed by atoms with Gasteiger partial charge in [-0.25, -0.2) is 0 Å². The third-order valence-electron chi connectivity index (χ3n) is 2.23. The lowest BCUT2D eigenvalue weighted by molar-refractivity contribution is 0.581. The molecule has 3 heteroatoms. The summed E-state index contributed by atoms with van der Waals surface area (Å²) in [6.45, 7) is 2.74. The first kappa shape index (κ1) is 9.49. The van der Waals surface area contributed by atoms with Crippen LogP contribution >= 0.6 is 11.3 Å². The maximum atomic E-state index is 5.55. The monoisotopic (exact) mass is 207 g/mol. The molecule has 2 N–H and O–H groups in total. The summed E-state index contributed by atoms with van der Waals surface area (Å²) in [7, 11) is 0. The number of aryl methyl sites for hydroxylation is 1. The quantitative estimate of drug-likeness (QED) is 0.840. The molecule has 0 aromatic carbocycles. The van der Waals surface area contributed by atoms with Gasteiger partial charge < -0.3 is 10.2 Å². The van der Waals surface area contributed by atoms with Crippen molar-refractivity contribution in [2.45, 2.75) is 13.3 Å². The first-order valence-electron chi connectivity index (χ1n) is 4.64. The molecular weight excluding hydrogens is 194 g/mol. The molecule has 0 saturated carbocycles. The first-order valence-corrected chi connectivity index (χ1v) is 5.52. The number of hydrogen-bond acceptors (Lipinski definition) is 3. The zero-order valence-electron chi connectivity index (χ0n) is 8.12. The Kier molecular flexibility index (Phi) is 2.70. The second-order valence-electron chi connectivity index (χ2n) is 3.25. The Morgan fingerprint density at radius 1 is 1.43 bits per heavy atom. The SMILES string of the molecule is Cc1ccoc1-c1sccc1CCN. The lowest BCUT2D eigenvalue weighted by Gasteiger charge is -1.99. The zero-order valence-corrected chi connectivity index (χ0v) is 8.93. The van der Waals surface area contributed by atoms with Crippen LogP contribution < -0.4 is 5.73 Å². The molecule has 0 atom stereocenters. The highest BCUT2D eigenvalue weighted by Gasteiger charge is 2.11. The molecule has 2 heterocycles. The predicted octanol–water partition coefficient (Wildman–Crippen LogP) is 2.82. The summed E-state index contributed by atoms with van der Waals surface area (Å²) >= 11 is 1.71. The third-order valence-corrected chi connectivity index (χ3v) is 3.18. The molecule has 2 aromatic rings. The molecule has 0 fully saturated rings. The van der Waals surface area contributed by atoms with Crippen molar-refractivity contribution in [1.82, 2.24) is 0 Å². The Labute approximate surface area is 87.4 Å². The maximum Gasteiger partial charge on any atom is 0.146 e. The standard InChI is InChI=1S/C11H13NOS/c1-8-3-6-13-10(8)11-9(2-5-12)4-7-14-11/h3-4,6-7H,2,5,12H2,1H3. The van der Waals surface area contributed by atoms with E-state index >= 15 is 0 Å². The van der Waals surface area contributed by atoms with Gasteiger partial charge in [0.15, 0.2) is 0 Å². The number of hydrogen-bond donors (Lipinski definition) is 1. The Bertz CT molecular complexity index is 416. The Morgan fingerprint density at radius 3 is 2.93 bits per heavy atom. The smallest absolute Gasteiger partial charge is 0.146 e. The van der Waals surface area contributed by atoms with Gasteiger partial charge in [0, 0.05) is 0 Å². The molecule has 2 rings (SSSR count). The summed E-state index contributed by atoms with van der Waals surface area (Å²) in [5, 5.41) is 2.09. The minimum absolute atomic E-state index is 0.684. The van der Waals surface area contributed by atoms with Crippen molar-refractivity contribution >= 4 is 11.3 Å². The molecule has 74 valence electrons. The molecule has 2 nitrogen and oxygen atoms in total. The van der Waals surface area contributed by atoms with Gasteiger partial charge in [-0.3, -0.25) is 0 Å². The van der Waals surface area contributed by atoms with E-state index in [0.717, 1.165) is 12.2 Å². The number of thiophene rings is 1. The van der Waals surface area contributed by atoms with E-state index in [1.807, 2.05) is 6.07 Å². The fraction of sp³-hybridized carbons (Fsp3) is 0.273. The van der Waals surface area contributed by atoms with Crippen LogP contribution in [0, 0.1) is 6.92 Å². The van der Waals surface area contributed by atoms with Crippen LogP contribution in [0.5, 0.6) is 0 Å². The molecule has 0 bridgehead atoms. The Morgan fingerprint density at radius 2 is 2.29 bits per heavy atom. The van der Waals surface area contributed by atoms with E-state index in [2.05, 4.69) is 18.4 Å². The lowest BCUT2D eigenvalue weighted by Crippen LogP contribution is -2.02. The Hall–Kier alpha value is -1.06. The molecule has 0 amide bonds. The second kappa shape index (κ2) is 3.98. The van der Waals surface area contributed by atoms with Gasteiger partial charge in [0.1, 0.15) is 5.76 Å². The molecule has 0 aliphatic carbocycles. The predicted molar refractivity (Wildman–Crippen MR) is 59.5 cm³/mol. The van der Waals surface area contributed by atoms with Gasteiger partial charge >= 0.3 is 0 Å². The average Bonchev–Trinajstić information content (AvgIpc) is 2.74. The molecule has 0 unspecified atom stereocenters. The number of nitrogens with two attached hydrogens (primary N) is 1. The van der Waals surface area contributed by atoms with Crippen molar-refractivity contribution < 1.29 is 4.42 Å². The van der Waals surface area contributed by atoms with Crippen LogP contribution in [-0.4, -0.2) is 6.54 Å². The van der Waals surface area contributed by atoms with Gasteiger partial charge in [0.05, 0.1) is 11.1 Å². The van der Waals surface area contributed by atoms with E-state index in [0.29, 0.717) is 6.54 Å². The molecule has 0 aliphatic heterocycles. The summed E-state index contributed by atoms with van der Waals surface area (Å²) < 4.78 is 5.47. The highest BCUT2D eigenvalue weighted by atomic mass is 32.1. The van der Waals surface area contributed by atoms with Crippen LogP contribution in [0.4, 0.5) is 0 Å². The fourth-order valence-electron chi connectivity index (χ4n) is 1.49. The largest absolute Gasteiger partial charge is 0.463 e. The number of rotatable bonds is 3. The summed E-state index contributed by atoms with van der Waals surface area (Å²) in [5.74, 6) is 0.989. The zero-order chi connectivity index (χ0) is 9.97. The topological polar surface area (TPSA) is 39.2 Å². The van der Waals surface area contributed by atoms with E-state index in [9.17, 15) is 0 Å². The summed E-state index contributed by atoms with van der Waals surface area (Å²) in [5.41, 5.74) is 8.03. The highest BCUT2D eigenvalue weighted by Crippen LogP contribution is 2.32. The molecule has 14 heavy (non-hydrogen) atoms. The molecule has 2 aromatic heterocycles. The normalized spacial score (nSPS) is 10.7. The van der Waals surface area contributed by atoms with Gasteiger partial charge in [-0.15, -0.1) is 11.3 Å². The third kappa shape index (κ3) is 1.61. The minimum atomic E-state index is 0.684. The van der Waals surface area contributed by atoms with Gasteiger partial charge in [0.2, 0.25) is 0 Å². The molecular formula is C11H13NOS. The van der Waals surface area contributed by atoms with Crippen molar-refractivity contribution in [3.05, 3.63) is 34.9 Å². The van der Waals surface area contributed by atoms with Gasteiger partial charge in [0.25, 0.3) is 0 Å². The molecule has 0 saturated heterocycles. The molecule has 0 aliphatic rings. The van der Waals surface area contributed by atoms with Crippen LogP contribution in [0.1, 0.15) is 11.1 Å². The lowest BCUT2D eigenvalue weighted by atomic mass is 10.1. The van der Waals surface area contributed by atoms with Crippen LogP contribution in [0.3, 0.4) is 0 Å². The molecule has 0 radical (unpaired) electrons. The van der Waals surface area contributed by atoms with E-state index in [4.69, 9.17) is 10.2 Å². The fourth-order valence-corrected chi connectivity index (χ4v) is 2.50. The minimum Gasteiger partial charge on any atom is -0.463 e. The molecule has 0 spiro atoms. The van der Waals surface area contributed by atoms with E-state index in [-0.39, 0.29) is 0 Å². The summed E-state index contributed by atoms with van der Waals surface area (Å²) in [6, 6.07) is 4.11. The van der Waals surface area contributed by atoms with Crippen molar-refractivity contribution in [2.24, 2.45) is 5.73 Å². The van der Waals surface area contributed by atoms with Crippen molar-refractivity contribution in [3.63, 3.8) is 0 Å². The van der Waals surface area contributed by atoms with Crippen LogP contribution in [-0.2, 0) is 6.42 Å². The Balaban J connectivity index is 2.41. The van der Waals surface area contributed by atoms with Gasteiger partial charge in [-0.05, 0) is 48.5 Å². The van der Waals surface area contributed by atoms with Crippen LogP contribution in [0.2, 0.25) is 0 Å². The van der Waals surface area contributed by atoms with E-state index < -0.39 is 0 Å². The number of furan rings is 1. The average molecular weight is 207 g/mol. The van der Waals surface area contributed by atoms with Gasteiger partial charge in [-0.1, -0.05) is 0 Å². The van der Waals surface area contributed by atoms with E-state index in [1.54, 1.807) is 17.6 Å². The summed E-state index contributed by atoms with van der Waals surface area (Å²) in [6.07, 6.45) is 2.65. The maximum absolute atomic E-state index is 5.55.